The summed E-state index contributed by atoms with van der Waals surface area (Å²) in [7, 11) is 1.87. The van der Waals surface area contributed by atoms with Gasteiger partial charge in [-0.1, -0.05) is 19.9 Å². The van der Waals surface area contributed by atoms with Gasteiger partial charge in [0.25, 0.3) is 11.8 Å². The zero-order chi connectivity index (χ0) is 18.2. The topological polar surface area (TPSA) is 52.7 Å². The molecule has 1 saturated heterocycles. The van der Waals surface area contributed by atoms with E-state index in [1.807, 2.05) is 29.0 Å². The highest BCUT2D eigenvalue weighted by Crippen LogP contribution is 2.16. The zero-order valence-electron chi connectivity index (χ0n) is 16.2. The lowest BCUT2D eigenvalue weighted by Crippen LogP contribution is -2.44. The number of carbonyl (C=O) groups excluding carboxylic acids is 2. The van der Waals surface area contributed by atoms with Crippen LogP contribution < -0.4 is 5.32 Å². The lowest BCUT2D eigenvalue weighted by molar-refractivity contribution is 0.0703. The molecular formula is C20H32ClN3O2. The molecule has 0 saturated carbocycles. The summed E-state index contributed by atoms with van der Waals surface area (Å²) < 4.78 is 0. The Morgan fingerprint density at radius 1 is 1.04 bits per heavy atom. The van der Waals surface area contributed by atoms with Gasteiger partial charge in [-0.05, 0) is 57.0 Å². The SMILES string of the molecule is CCCN(CCC)C(=O)c1cccc(C(=O)N(C)C2CCNCC2)c1.Cl. The molecule has 0 aromatic heterocycles. The standard InChI is InChI=1S/C20H31N3O2.ClH/c1-4-13-23(14-5-2)20(25)17-8-6-7-16(15-17)19(24)22(3)18-9-11-21-12-10-18;/h6-8,15,18,21H,4-5,9-14H2,1-3H3;1H. The van der Waals surface area contributed by atoms with Crippen LogP contribution in [0.15, 0.2) is 24.3 Å². The lowest BCUT2D eigenvalue weighted by atomic mass is 10.0. The molecule has 146 valence electrons. The first-order valence-electron chi connectivity index (χ1n) is 9.45. The number of benzene rings is 1. The molecule has 0 unspecified atom stereocenters. The first kappa shape index (κ1) is 22.5. The minimum Gasteiger partial charge on any atom is -0.339 e. The first-order valence-corrected chi connectivity index (χ1v) is 9.45. The van der Waals surface area contributed by atoms with Gasteiger partial charge in [0, 0.05) is 37.3 Å². The third-order valence-electron chi connectivity index (χ3n) is 4.81. The van der Waals surface area contributed by atoms with Crippen LogP contribution in [-0.2, 0) is 0 Å². The number of nitrogens with zero attached hydrogens (tertiary/aromatic N) is 2. The van der Waals surface area contributed by atoms with E-state index in [0.29, 0.717) is 11.1 Å². The summed E-state index contributed by atoms with van der Waals surface area (Å²) in [5.41, 5.74) is 1.20. The maximum Gasteiger partial charge on any atom is 0.253 e. The second kappa shape index (κ2) is 11.2. The maximum absolute atomic E-state index is 12.8. The number of hydrogen-bond donors (Lipinski definition) is 1. The number of nitrogens with one attached hydrogen (secondary N) is 1. The Labute approximate surface area is 163 Å². The van der Waals surface area contributed by atoms with Gasteiger partial charge in [0.15, 0.2) is 0 Å². The number of rotatable bonds is 7. The van der Waals surface area contributed by atoms with Crippen molar-refractivity contribution in [2.75, 3.05) is 33.2 Å². The van der Waals surface area contributed by atoms with E-state index in [2.05, 4.69) is 19.2 Å². The van der Waals surface area contributed by atoms with E-state index in [-0.39, 0.29) is 30.3 Å². The van der Waals surface area contributed by atoms with Crippen molar-refractivity contribution < 1.29 is 9.59 Å². The van der Waals surface area contributed by atoms with Crippen molar-refractivity contribution in [3.63, 3.8) is 0 Å². The van der Waals surface area contributed by atoms with Gasteiger partial charge in [0.1, 0.15) is 0 Å². The van der Waals surface area contributed by atoms with Gasteiger partial charge in [0.05, 0.1) is 0 Å². The lowest BCUT2D eigenvalue weighted by Gasteiger charge is -2.31. The molecule has 1 heterocycles. The van der Waals surface area contributed by atoms with Crippen LogP contribution in [0.3, 0.4) is 0 Å². The molecule has 5 nitrogen and oxygen atoms in total. The second-order valence-corrected chi connectivity index (χ2v) is 6.77. The van der Waals surface area contributed by atoms with Crippen molar-refractivity contribution in [2.45, 2.75) is 45.6 Å². The molecule has 0 aliphatic carbocycles. The van der Waals surface area contributed by atoms with E-state index < -0.39 is 0 Å². The fourth-order valence-electron chi connectivity index (χ4n) is 3.39. The van der Waals surface area contributed by atoms with E-state index >= 15 is 0 Å². The van der Waals surface area contributed by atoms with Crippen LogP contribution >= 0.6 is 12.4 Å². The number of halogens is 1. The number of piperidine rings is 1. The van der Waals surface area contributed by atoms with Crippen molar-refractivity contribution in [1.29, 1.82) is 0 Å². The number of amides is 2. The molecule has 0 bridgehead atoms. The van der Waals surface area contributed by atoms with Crippen LogP contribution in [0.4, 0.5) is 0 Å². The Morgan fingerprint density at radius 2 is 1.58 bits per heavy atom. The summed E-state index contributed by atoms with van der Waals surface area (Å²) >= 11 is 0. The third-order valence-corrected chi connectivity index (χ3v) is 4.81. The minimum absolute atomic E-state index is 0. The highest BCUT2D eigenvalue weighted by molar-refractivity contribution is 5.99. The van der Waals surface area contributed by atoms with Crippen molar-refractivity contribution in [3.8, 4) is 0 Å². The van der Waals surface area contributed by atoms with E-state index in [0.717, 1.165) is 51.9 Å². The van der Waals surface area contributed by atoms with Gasteiger partial charge in [-0.15, -0.1) is 12.4 Å². The summed E-state index contributed by atoms with van der Waals surface area (Å²) in [6.45, 7) is 7.54. The van der Waals surface area contributed by atoms with Gasteiger partial charge in [-0.3, -0.25) is 9.59 Å². The normalized spacial score (nSPS) is 14.4. The molecule has 1 fully saturated rings. The fraction of sp³-hybridized carbons (Fsp3) is 0.600. The Hall–Kier alpha value is -1.59. The molecule has 1 aliphatic heterocycles. The molecule has 2 rings (SSSR count). The number of carbonyl (C=O) groups is 2. The molecule has 0 radical (unpaired) electrons. The number of hydrogen-bond acceptors (Lipinski definition) is 3. The Bertz CT molecular complexity index is 582. The van der Waals surface area contributed by atoms with Crippen LogP contribution in [0.2, 0.25) is 0 Å². The molecule has 0 spiro atoms. The highest BCUT2D eigenvalue weighted by atomic mass is 35.5. The van der Waals surface area contributed by atoms with E-state index in [9.17, 15) is 9.59 Å². The van der Waals surface area contributed by atoms with Gasteiger partial charge in [0.2, 0.25) is 0 Å². The zero-order valence-corrected chi connectivity index (χ0v) is 17.0. The third kappa shape index (κ3) is 5.71. The molecule has 6 heteroatoms. The second-order valence-electron chi connectivity index (χ2n) is 6.77. The van der Waals surface area contributed by atoms with Crippen LogP contribution in [0.1, 0.15) is 60.2 Å². The van der Waals surface area contributed by atoms with Gasteiger partial charge in [-0.25, -0.2) is 0 Å². The van der Waals surface area contributed by atoms with Crippen molar-refractivity contribution in [1.82, 2.24) is 15.1 Å². The van der Waals surface area contributed by atoms with Crippen LogP contribution in [0, 0.1) is 0 Å². The van der Waals surface area contributed by atoms with Crippen LogP contribution in [-0.4, -0.2) is 60.9 Å². The first-order chi connectivity index (χ1) is 12.1. The average Bonchev–Trinajstić information content (AvgIpc) is 2.67. The Morgan fingerprint density at radius 3 is 2.12 bits per heavy atom. The molecule has 2 amide bonds. The van der Waals surface area contributed by atoms with Crippen LogP contribution in [0.25, 0.3) is 0 Å². The molecule has 1 aliphatic rings. The maximum atomic E-state index is 12.8. The van der Waals surface area contributed by atoms with Crippen molar-refractivity contribution >= 4 is 24.2 Å². The van der Waals surface area contributed by atoms with Crippen LogP contribution in [0.5, 0.6) is 0 Å². The fourth-order valence-corrected chi connectivity index (χ4v) is 3.39. The molecule has 26 heavy (non-hydrogen) atoms. The monoisotopic (exact) mass is 381 g/mol. The van der Waals surface area contributed by atoms with Crippen molar-refractivity contribution in [3.05, 3.63) is 35.4 Å². The van der Waals surface area contributed by atoms with E-state index in [1.54, 1.807) is 12.1 Å². The molecule has 0 atom stereocenters. The molecule has 1 aromatic rings. The summed E-state index contributed by atoms with van der Waals surface area (Å²) in [6.07, 6.45) is 3.81. The molecular weight excluding hydrogens is 350 g/mol. The molecule has 1 aromatic carbocycles. The Kier molecular flexibility index (Phi) is 9.66. The van der Waals surface area contributed by atoms with Gasteiger partial charge in [-0.2, -0.15) is 0 Å². The average molecular weight is 382 g/mol. The largest absolute Gasteiger partial charge is 0.339 e. The highest BCUT2D eigenvalue weighted by Gasteiger charge is 2.23. The summed E-state index contributed by atoms with van der Waals surface area (Å²) in [6, 6.07) is 7.44. The Balaban J connectivity index is 0.00000338. The predicted molar refractivity (Wildman–Crippen MR) is 108 cm³/mol. The minimum atomic E-state index is -0.000849. The predicted octanol–water partition coefficient (Wildman–Crippen LogP) is 3.19. The van der Waals surface area contributed by atoms with E-state index in [4.69, 9.17) is 0 Å². The summed E-state index contributed by atoms with van der Waals surface area (Å²) in [5, 5.41) is 3.32. The smallest absolute Gasteiger partial charge is 0.253 e. The van der Waals surface area contributed by atoms with E-state index in [1.165, 1.54) is 0 Å². The van der Waals surface area contributed by atoms with Gasteiger partial charge >= 0.3 is 0 Å². The van der Waals surface area contributed by atoms with Crippen molar-refractivity contribution in [2.24, 2.45) is 0 Å². The van der Waals surface area contributed by atoms with Gasteiger partial charge < -0.3 is 15.1 Å². The molecule has 1 N–H and O–H groups in total. The summed E-state index contributed by atoms with van der Waals surface area (Å²) in [5.74, 6) is 0.0157. The quantitative estimate of drug-likeness (QED) is 0.789. The summed E-state index contributed by atoms with van der Waals surface area (Å²) in [4.78, 5) is 29.3.